The molecule has 2 aliphatic rings. The van der Waals surface area contributed by atoms with E-state index in [1.165, 1.54) is 44.7 Å². The van der Waals surface area contributed by atoms with Crippen molar-refractivity contribution < 1.29 is 9.90 Å². The molecule has 0 aromatic carbocycles. The molecule has 1 aromatic heterocycles. The standard InChI is InChI=1S/C18H25IN4O2/c19-17-15(8-9-23(17)12-13-4-2-1-3-5-13)22-18-20-10-14(11-21-18)6-7-16(24)25/h6-7,10-11,13,15,17H,1-5,8-9,12H2,(H,24,25)(H,20,21,22)/t15-,17?/m1/s1. The maximum Gasteiger partial charge on any atom is 0.328 e. The number of alkyl halides is 1. The van der Waals surface area contributed by atoms with Gasteiger partial charge in [-0.25, -0.2) is 14.8 Å². The first-order chi connectivity index (χ1) is 12.1. The molecule has 6 nitrogen and oxygen atoms in total. The molecule has 2 heterocycles. The highest BCUT2D eigenvalue weighted by Crippen LogP contribution is 2.30. The number of aliphatic carboxylic acids is 1. The molecule has 7 heteroatoms. The molecule has 1 unspecified atom stereocenters. The van der Waals surface area contributed by atoms with Gasteiger partial charge in [-0.3, -0.25) is 4.90 Å². The Balaban J connectivity index is 1.52. The summed E-state index contributed by atoms with van der Waals surface area (Å²) in [5.41, 5.74) is 0.685. The molecule has 2 N–H and O–H groups in total. The Bertz CT molecular complexity index is 602. The van der Waals surface area contributed by atoms with Crippen LogP contribution in [0.2, 0.25) is 0 Å². The number of aromatic nitrogens is 2. The predicted molar refractivity (Wildman–Crippen MR) is 107 cm³/mol. The van der Waals surface area contributed by atoms with Crippen molar-refractivity contribution in [2.45, 2.75) is 48.6 Å². The zero-order valence-electron chi connectivity index (χ0n) is 14.3. The Kier molecular flexibility index (Phi) is 6.63. The molecular formula is C18H25IN4O2. The number of carboxylic acid groups (broad SMARTS) is 1. The Morgan fingerprint density at radius 3 is 2.68 bits per heavy atom. The van der Waals surface area contributed by atoms with Gasteiger partial charge < -0.3 is 10.4 Å². The number of anilines is 1. The second-order valence-electron chi connectivity index (χ2n) is 6.92. The van der Waals surface area contributed by atoms with Crippen molar-refractivity contribution in [2.24, 2.45) is 5.92 Å². The van der Waals surface area contributed by atoms with Gasteiger partial charge in [0.15, 0.2) is 0 Å². The van der Waals surface area contributed by atoms with Crippen molar-refractivity contribution in [3.8, 4) is 0 Å². The molecule has 1 aliphatic carbocycles. The predicted octanol–water partition coefficient (Wildman–Crippen LogP) is 3.40. The summed E-state index contributed by atoms with van der Waals surface area (Å²) in [7, 11) is 0. The summed E-state index contributed by atoms with van der Waals surface area (Å²) in [6.45, 7) is 2.34. The Labute approximate surface area is 162 Å². The lowest BCUT2D eigenvalue weighted by atomic mass is 9.89. The fourth-order valence-electron chi connectivity index (χ4n) is 3.69. The molecule has 0 spiro atoms. The van der Waals surface area contributed by atoms with Crippen LogP contribution >= 0.6 is 22.6 Å². The van der Waals surface area contributed by atoms with E-state index in [1.54, 1.807) is 12.4 Å². The van der Waals surface area contributed by atoms with Gasteiger partial charge in [0.2, 0.25) is 5.95 Å². The quantitative estimate of drug-likeness (QED) is 0.296. The van der Waals surface area contributed by atoms with E-state index in [2.05, 4.69) is 42.8 Å². The maximum absolute atomic E-state index is 10.5. The van der Waals surface area contributed by atoms with Crippen LogP contribution in [0.25, 0.3) is 6.08 Å². The van der Waals surface area contributed by atoms with Gasteiger partial charge >= 0.3 is 5.97 Å². The average Bonchev–Trinajstić information content (AvgIpc) is 2.95. The van der Waals surface area contributed by atoms with Gasteiger partial charge in [0.05, 0.1) is 10.1 Å². The first-order valence-electron chi connectivity index (χ1n) is 8.99. The minimum Gasteiger partial charge on any atom is -0.478 e. The minimum atomic E-state index is -0.973. The largest absolute Gasteiger partial charge is 0.478 e. The number of rotatable bonds is 6. The van der Waals surface area contributed by atoms with Crippen LogP contribution in [0.1, 0.15) is 44.1 Å². The highest BCUT2D eigenvalue weighted by molar-refractivity contribution is 14.1. The second kappa shape index (κ2) is 8.93. The molecule has 0 amide bonds. The van der Waals surface area contributed by atoms with E-state index in [1.807, 2.05) is 0 Å². The number of halogens is 1. The lowest BCUT2D eigenvalue weighted by Gasteiger charge is -2.30. The molecule has 1 aromatic rings. The maximum atomic E-state index is 10.5. The lowest BCUT2D eigenvalue weighted by Crippen LogP contribution is -2.37. The van der Waals surface area contributed by atoms with E-state index < -0.39 is 5.97 Å². The molecule has 1 saturated heterocycles. The van der Waals surface area contributed by atoms with Crippen LogP contribution in [0.3, 0.4) is 0 Å². The lowest BCUT2D eigenvalue weighted by molar-refractivity contribution is -0.131. The monoisotopic (exact) mass is 456 g/mol. The number of hydrogen-bond donors (Lipinski definition) is 2. The topological polar surface area (TPSA) is 78.3 Å². The van der Waals surface area contributed by atoms with Crippen LogP contribution < -0.4 is 5.32 Å². The van der Waals surface area contributed by atoms with Crippen LogP contribution in [0.15, 0.2) is 18.5 Å². The van der Waals surface area contributed by atoms with E-state index >= 15 is 0 Å². The summed E-state index contributed by atoms with van der Waals surface area (Å²) in [6.07, 6.45) is 13.9. The summed E-state index contributed by atoms with van der Waals surface area (Å²) in [5, 5.41) is 12.1. The zero-order chi connectivity index (χ0) is 17.6. The van der Waals surface area contributed by atoms with Crippen molar-refractivity contribution in [3.63, 3.8) is 0 Å². The molecule has 1 aliphatic heterocycles. The van der Waals surface area contributed by atoms with Crippen molar-refractivity contribution in [1.82, 2.24) is 14.9 Å². The van der Waals surface area contributed by atoms with E-state index in [4.69, 9.17) is 5.11 Å². The molecule has 25 heavy (non-hydrogen) atoms. The normalized spacial score (nSPS) is 25.5. The van der Waals surface area contributed by atoms with Gasteiger partial charge in [-0.1, -0.05) is 41.9 Å². The van der Waals surface area contributed by atoms with Crippen LogP contribution in [0.5, 0.6) is 0 Å². The van der Waals surface area contributed by atoms with Crippen LogP contribution in [0, 0.1) is 5.92 Å². The molecule has 0 radical (unpaired) electrons. The smallest absolute Gasteiger partial charge is 0.328 e. The molecule has 2 atom stereocenters. The third-order valence-corrected chi connectivity index (χ3v) is 6.69. The third-order valence-electron chi connectivity index (χ3n) is 5.03. The zero-order valence-corrected chi connectivity index (χ0v) is 16.4. The number of carbonyl (C=O) groups is 1. The molecule has 136 valence electrons. The van der Waals surface area contributed by atoms with Crippen molar-refractivity contribution >= 4 is 40.6 Å². The number of hydrogen-bond acceptors (Lipinski definition) is 5. The number of likely N-dealkylation sites (tertiary alicyclic amines) is 1. The summed E-state index contributed by atoms with van der Waals surface area (Å²) >= 11 is 2.54. The third kappa shape index (κ3) is 5.37. The summed E-state index contributed by atoms with van der Waals surface area (Å²) in [4.78, 5) is 21.7. The SMILES string of the molecule is O=C(O)C=Cc1cnc(N[C@@H]2CCN(CC3CCCCC3)C2I)nc1. The second-order valence-corrected chi connectivity index (χ2v) is 8.20. The van der Waals surface area contributed by atoms with Gasteiger partial charge in [0.1, 0.15) is 0 Å². The Morgan fingerprint density at radius 1 is 1.28 bits per heavy atom. The van der Waals surface area contributed by atoms with E-state index in [-0.39, 0.29) is 0 Å². The Hall–Kier alpha value is -1.22. The summed E-state index contributed by atoms with van der Waals surface area (Å²) < 4.78 is 0.453. The van der Waals surface area contributed by atoms with Crippen LogP contribution in [0.4, 0.5) is 5.95 Å². The highest BCUT2D eigenvalue weighted by atomic mass is 127. The van der Waals surface area contributed by atoms with Gasteiger partial charge in [-0.2, -0.15) is 0 Å². The number of nitrogens with one attached hydrogen (secondary N) is 1. The van der Waals surface area contributed by atoms with Crippen LogP contribution in [-0.2, 0) is 4.79 Å². The molecule has 0 bridgehead atoms. The van der Waals surface area contributed by atoms with Crippen molar-refractivity contribution in [3.05, 3.63) is 24.0 Å². The fourth-order valence-corrected chi connectivity index (χ4v) is 4.73. The van der Waals surface area contributed by atoms with Gasteiger partial charge in [0, 0.05) is 37.1 Å². The van der Waals surface area contributed by atoms with Crippen LogP contribution in [-0.4, -0.2) is 49.1 Å². The average molecular weight is 456 g/mol. The van der Waals surface area contributed by atoms with Gasteiger partial charge in [-0.15, -0.1) is 0 Å². The fraction of sp³-hybridized carbons (Fsp3) is 0.611. The van der Waals surface area contributed by atoms with E-state index in [0.29, 0.717) is 21.6 Å². The summed E-state index contributed by atoms with van der Waals surface area (Å²) in [6, 6.07) is 0.351. The molecular weight excluding hydrogens is 431 g/mol. The minimum absolute atomic E-state index is 0.351. The van der Waals surface area contributed by atoms with Crippen molar-refractivity contribution in [2.75, 3.05) is 18.4 Å². The Morgan fingerprint density at radius 2 is 2.00 bits per heavy atom. The van der Waals surface area contributed by atoms with E-state index in [9.17, 15) is 4.79 Å². The first-order valence-corrected chi connectivity index (χ1v) is 10.2. The van der Waals surface area contributed by atoms with Gasteiger partial charge in [-0.05, 0) is 31.3 Å². The number of nitrogens with zero attached hydrogens (tertiary/aromatic N) is 3. The van der Waals surface area contributed by atoms with Crippen molar-refractivity contribution in [1.29, 1.82) is 0 Å². The molecule has 3 rings (SSSR count). The molecule has 1 saturated carbocycles. The number of carboxylic acids is 1. The molecule has 2 fully saturated rings. The highest BCUT2D eigenvalue weighted by Gasteiger charge is 2.33. The van der Waals surface area contributed by atoms with Gasteiger partial charge in [0.25, 0.3) is 0 Å². The van der Waals surface area contributed by atoms with E-state index in [0.717, 1.165) is 25.0 Å². The first kappa shape index (κ1) is 18.6. The summed E-state index contributed by atoms with van der Waals surface area (Å²) in [5.74, 6) is 0.499.